The third-order valence-electron chi connectivity index (χ3n) is 3.71. The van der Waals surface area contributed by atoms with E-state index in [-0.39, 0.29) is 35.7 Å². The van der Waals surface area contributed by atoms with E-state index in [0.717, 1.165) is 30.9 Å². The normalized spacial score (nSPS) is 20.6. The molecule has 5 heteroatoms. The summed E-state index contributed by atoms with van der Waals surface area (Å²) in [6.07, 6.45) is 4.56. The summed E-state index contributed by atoms with van der Waals surface area (Å²) >= 11 is 0. The molecule has 1 aliphatic carbocycles. The maximum absolute atomic E-state index is 13.7. The second-order valence-corrected chi connectivity index (χ2v) is 5.32. The summed E-state index contributed by atoms with van der Waals surface area (Å²) in [5.74, 6) is 0.989. The van der Waals surface area contributed by atoms with Crippen molar-refractivity contribution in [3.63, 3.8) is 0 Å². The fraction of sp³-hybridized carbons (Fsp3) is 0.562. The minimum atomic E-state index is -0.104. The van der Waals surface area contributed by atoms with Crippen LogP contribution in [0.5, 0.6) is 0 Å². The lowest BCUT2D eigenvalue weighted by Crippen LogP contribution is -2.39. The van der Waals surface area contributed by atoms with Gasteiger partial charge >= 0.3 is 0 Å². The van der Waals surface area contributed by atoms with Crippen molar-refractivity contribution in [1.82, 2.24) is 10.6 Å². The van der Waals surface area contributed by atoms with Gasteiger partial charge in [-0.1, -0.05) is 38.0 Å². The van der Waals surface area contributed by atoms with Crippen molar-refractivity contribution in [3.8, 4) is 0 Å². The molecule has 21 heavy (non-hydrogen) atoms. The molecular weight excluding hydrogens is 380 g/mol. The molecule has 0 spiro atoms. The van der Waals surface area contributed by atoms with E-state index in [1.807, 2.05) is 12.1 Å². The Kier molecular flexibility index (Phi) is 8.00. The number of nitrogens with zero attached hydrogens (tertiary/aromatic N) is 1. The molecule has 0 amide bonds. The topological polar surface area (TPSA) is 36.4 Å². The van der Waals surface area contributed by atoms with Gasteiger partial charge in [0.1, 0.15) is 5.82 Å². The van der Waals surface area contributed by atoms with Gasteiger partial charge < -0.3 is 10.6 Å². The average Bonchev–Trinajstić information content (AvgIpc) is 3.22. The van der Waals surface area contributed by atoms with E-state index in [1.54, 1.807) is 13.1 Å². The molecule has 2 unspecified atom stereocenters. The largest absolute Gasteiger partial charge is 0.356 e. The van der Waals surface area contributed by atoms with Crippen molar-refractivity contribution >= 4 is 29.9 Å². The number of benzene rings is 1. The fourth-order valence-electron chi connectivity index (χ4n) is 2.43. The second kappa shape index (κ2) is 9.23. The summed E-state index contributed by atoms with van der Waals surface area (Å²) in [4.78, 5) is 4.22. The maximum Gasteiger partial charge on any atom is 0.191 e. The predicted octanol–water partition coefficient (Wildman–Crippen LogP) is 3.65. The molecule has 1 aliphatic rings. The fourth-order valence-corrected chi connectivity index (χ4v) is 2.43. The Morgan fingerprint density at radius 3 is 2.76 bits per heavy atom. The highest BCUT2D eigenvalue weighted by atomic mass is 127. The molecule has 0 aromatic heterocycles. The SMILES string of the molecule is CCCCCNC(=NC)NC1CC1c1ccccc1F.I. The average molecular weight is 405 g/mol. The Bertz CT molecular complexity index is 465. The van der Waals surface area contributed by atoms with E-state index in [1.165, 1.54) is 18.9 Å². The molecule has 0 radical (unpaired) electrons. The Morgan fingerprint density at radius 1 is 1.33 bits per heavy atom. The Hall–Kier alpha value is -0.850. The van der Waals surface area contributed by atoms with Gasteiger partial charge in [-0.05, 0) is 24.5 Å². The van der Waals surface area contributed by atoms with E-state index in [9.17, 15) is 4.39 Å². The summed E-state index contributed by atoms with van der Waals surface area (Å²) in [5.41, 5.74) is 0.812. The number of halogens is 2. The number of hydrogen-bond acceptors (Lipinski definition) is 1. The lowest BCUT2D eigenvalue weighted by Gasteiger charge is -2.11. The van der Waals surface area contributed by atoms with Crippen LogP contribution in [0.3, 0.4) is 0 Å². The first-order valence-electron chi connectivity index (χ1n) is 7.47. The highest BCUT2D eigenvalue weighted by Gasteiger charge is 2.40. The van der Waals surface area contributed by atoms with Gasteiger partial charge in [0.25, 0.3) is 0 Å². The first-order valence-corrected chi connectivity index (χ1v) is 7.47. The number of hydrogen-bond donors (Lipinski definition) is 2. The van der Waals surface area contributed by atoms with Gasteiger partial charge in [0.05, 0.1) is 0 Å². The summed E-state index contributed by atoms with van der Waals surface area (Å²) < 4.78 is 13.7. The van der Waals surface area contributed by atoms with Gasteiger partial charge in [0, 0.05) is 25.6 Å². The zero-order chi connectivity index (χ0) is 14.4. The first kappa shape index (κ1) is 18.2. The van der Waals surface area contributed by atoms with Crippen molar-refractivity contribution in [1.29, 1.82) is 0 Å². The first-order chi connectivity index (χ1) is 9.76. The van der Waals surface area contributed by atoms with Gasteiger partial charge in [0.15, 0.2) is 5.96 Å². The molecule has 0 bridgehead atoms. The molecule has 1 saturated carbocycles. The summed E-state index contributed by atoms with van der Waals surface area (Å²) in [6, 6.07) is 7.33. The molecule has 2 N–H and O–H groups in total. The predicted molar refractivity (Wildman–Crippen MR) is 97.0 cm³/mol. The number of unbranched alkanes of at least 4 members (excludes halogenated alkanes) is 2. The smallest absolute Gasteiger partial charge is 0.191 e. The van der Waals surface area contributed by atoms with Crippen LogP contribution < -0.4 is 10.6 Å². The second-order valence-electron chi connectivity index (χ2n) is 5.32. The van der Waals surface area contributed by atoms with Crippen LogP contribution in [0.25, 0.3) is 0 Å². The van der Waals surface area contributed by atoms with Gasteiger partial charge in [-0.2, -0.15) is 0 Å². The van der Waals surface area contributed by atoms with Crippen molar-refractivity contribution in [2.24, 2.45) is 4.99 Å². The lowest BCUT2D eigenvalue weighted by molar-refractivity contribution is 0.607. The summed E-state index contributed by atoms with van der Waals surface area (Å²) in [6.45, 7) is 3.13. The molecule has 1 fully saturated rings. The third-order valence-corrected chi connectivity index (χ3v) is 3.71. The molecule has 3 nitrogen and oxygen atoms in total. The molecule has 2 atom stereocenters. The Balaban J connectivity index is 0.00000220. The van der Waals surface area contributed by atoms with Crippen LogP contribution in [0, 0.1) is 5.82 Å². The van der Waals surface area contributed by atoms with E-state index >= 15 is 0 Å². The molecule has 0 saturated heterocycles. The molecular formula is C16H25FIN3. The minimum absolute atomic E-state index is 0. The van der Waals surface area contributed by atoms with Gasteiger partial charge in [0.2, 0.25) is 0 Å². The maximum atomic E-state index is 13.7. The van der Waals surface area contributed by atoms with Crippen molar-refractivity contribution in [2.75, 3.05) is 13.6 Å². The van der Waals surface area contributed by atoms with Gasteiger partial charge in [-0.15, -0.1) is 24.0 Å². The molecule has 1 aromatic rings. The zero-order valence-corrected chi connectivity index (χ0v) is 15.1. The third kappa shape index (κ3) is 5.45. The van der Waals surface area contributed by atoms with E-state index in [4.69, 9.17) is 0 Å². The monoisotopic (exact) mass is 405 g/mol. The van der Waals surface area contributed by atoms with E-state index in [0.29, 0.717) is 6.04 Å². The molecule has 0 aliphatic heterocycles. The van der Waals surface area contributed by atoms with Crippen LogP contribution in [0.15, 0.2) is 29.3 Å². The molecule has 1 aromatic carbocycles. The van der Waals surface area contributed by atoms with Crippen LogP contribution in [-0.2, 0) is 0 Å². The molecule has 118 valence electrons. The number of aliphatic imine (C=N–C) groups is 1. The Morgan fingerprint density at radius 2 is 2.10 bits per heavy atom. The Labute approximate surface area is 143 Å². The van der Waals surface area contributed by atoms with Crippen LogP contribution in [-0.4, -0.2) is 25.6 Å². The van der Waals surface area contributed by atoms with Crippen molar-refractivity contribution in [3.05, 3.63) is 35.6 Å². The highest BCUT2D eigenvalue weighted by molar-refractivity contribution is 14.0. The number of rotatable bonds is 6. The highest BCUT2D eigenvalue weighted by Crippen LogP contribution is 2.41. The van der Waals surface area contributed by atoms with E-state index < -0.39 is 0 Å². The minimum Gasteiger partial charge on any atom is -0.356 e. The van der Waals surface area contributed by atoms with Crippen LogP contribution >= 0.6 is 24.0 Å². The summed E-state index contributed by atoms with van der Waals surface area (Å²) in [7, 11) is 1.77. The van der Waals surface area contributed by atoms with Crippen molar-refractivity contribution < 1.29 is 4.39 Å². The molecule has 2 rings (SSSR count). The lowest BCUT2D eigenvalue weighted by atomic mass is 10.1. The van der Waals surface area contributed by atoms with Gasteiger partial charge in [-0.25, -0.2) is 4.39 Å². The van der Waals surface area contributed by atoms with Crippen LogP contribution in [0.1, 0.15) is 44.1 Å². The quantitative estimate of drug-likeness (QED) is 0.328. The van der Waals surface area contributed by atoms with Crippen LogP contribution in [0.4, 0.5) is 4.39 Å². The van der Waals surface area contributed by atoms with Crippen molar-refractivity contribution in [2.45, 2.75) is 44.6 Å². The number of guanidine groups is 1. The van der Waals surface area contributed by atoms with Crippen LogP contribution in [0.2, 0.25) is 0 Å². The summed E-state index contributed by atoms with van der Waals surface area (Å²) in [5, 5.41) is 6.67. The molecule has 0 heterocycles. The number of nitrogens with one attached hydrogen (secondary N) is 2. The van der Waals surface area contributed by atoms with Gasteiger partial charge in [-0.3, -0.25) is 4.99 Å². The zero-order valence-electron chi connectivity index (χ0n) is 12.7. The van der Waals surface area contributed by atoms with E-state index in [2.05, 4.69) is 22.5 Å². The standard InChI is InChI=1S/C16H24FN3.HI/c1-3-4-7-10-19-16(18-2)20-15-11-13(15)12-8-5-6-9-14(12)17;/h5-6,8-9,13,15H,3-4,7,10-11H2,1-2H3,(H2,18,19,20);1H.